The molecule has 5 heteroatoms. The number of amidine groups is 2. The van der Waals surface area contributed by atoms with E-state index in [9.17, 15) is 0 Å². The van der Waals surface area contributed by atoms with Crippen LogP contribution in [0, 0.1) is 0 Å². The van der Waals surface area contributed by atoms with Crippen molar-refractivity contribution in [3.63, 3.8) is 0 Å². The minimum Gasteiger partial charge on any atom is -0.456 e. The molecule has 1 atom stereocenters. The zero-order valence-corrected chi connectivity index (χ0v) is 27.9. The number of nitrogens with one attached hydrogen (secondary N) is 1. The highest BCUT2D eigenvalue weighted by Crippen LogP contribution is 2.41. The van der Waals surface area contributed by atoms with Crippen molar-refractivity contribution in [2.24, 2.45) is 9.98 Å². The molecule has 244 valence electrons. The minimum atomic E-state index is -0.333. The monoisotopic (exact) mass is 667 g/mol. The van der Waals surface area contributed by atoms with E-state index in [1.165, 1.54) is 16.2 Å². The van der Waals surface area contributed by atoms with Crippen molar-refractivity contribution in [2.75, 3.05) is 0 Å². The van der Waals surface area contributed by atoms with Crippen LogP contribution in [-0.2, 0) is 0 Å². The number of aliphatic imine (C=N–C) groups is 2. The molecule has 0 bridgehead atoms. The van der Waals surface area contributed by atoms with Crippen molar-refractivity contribution in [1.29, 1.82) is 0 Å². The SMILES string of the molecule is c1ccc(C2N=C(c3ccc4c(ccc5ccccc54)c3)N=C(c3cccc4oc5cccc(-c6ccc7oc8ccccc8c7c6)c5c34)N2)cc1. The van der Waals surface area contributed by atoms with Gasteiger partial charge in [0.1, 0.15) is 34.3 Å². The summed E-state index contributed by atoms with van der Waals surface area (Å²) in [7, 11) is 0. The summed E-state index contributed by atoms with van der Waals surface area (Å²) in [6.07, 6.45) is -0.333. The molecule has 11 rings (SSSR count). The van der Waals surface area contributed by atoms with E-state index in [2.05, 4.69) is 133 Å². The zero-order valence-electron chi connectivity index (χ0n) is 27.9. The third-order valence-electron chi connectivity index (χ3n) is 10.3. The molecule has 1 N–H and O–H groups in total. The number of rotatable bonds is 4. The molecule has 0 spiro atoms. The number of hydrogen-bond donors (Lipinski definition) is 1. The van der Waals surface area contributed by atoms with Gasteiger partial charge in [-0.1, -0.05) is 127 Å². The molecule has 0 saturated carbocycles. The zero-order chi connectivity index (χ0) is 34.2. The predicted octanol–water partition coefficient (Wildman–Crippen LogP) is 12.0. The molecule has 2 aromatic heterocycles. The van der Waals surface area contributed by atoms with Gasteiger partial charge < -0.3 is 14.2 Å². The van der Waals surface area contributed by atoms with Crippen LogP contribution in [0.25, 0.3) is 76.5 Å². The second-order valence-electron chi connectivity index (χ2n) is 13.4. The Bertz CT molecular complexity index is 3110. The van der Waals surface area contributed by atoms with Gasteiger partial charge in [-0.3, -0.25) is 0 Å². The third kappa shape index (κ3) is 4.49. The maximum Gasteiger partial charge on any atom is 0.159 e. The third-order valence-corrected chi connectivity index (χ3v) is 10.3. The maximum absolute atomic E-state index is 6.56. The number of fused-ring (bicyclic) bond motifs is 9. The summed E-state index contributed by atoms with van der Waals surface area (Å²) >= 11 is 0. The lowest BCUT2D eigenvalue weighted by atomic mass is 9.95. The Morgan fingerprint density at radius 2 is 1.10 bits per heavy atom. The molecule has 3 heterocycles. The van der Waals surface area contributed by atoms with Crippen molar-refractivity contribution < 1.29 is 8.83 Å². The smallest absolute Gasteiger partial charge is 0.159 e. The van der Waals surface area contributed by atoms with E-state index < -0.39 is 0 Å². The van der Waals surface area contributed by atoms with Crippen LogP contribution in [0.4, 0.5) is 0 Å². The van der Waals surface area contributed by atoms with Crippen LogP contribution >= 0.6 is 0 Å². The average Bonchev–Trinajstić information content (AvgIpc) is 3.79. The van der Waals surface area contributed by atoms with E-state index in [4.69, 9.17) is 18.8 Å². The van der Waals surface area contributed by atoms with Crippen LogP contribution in [0.1, 0.15) is 22.9 Å². The van der Waals surface area contributed by atoms with Crippen molar-refractivity contribution in [2.45, 2.75) is 6.17 Å². The average molecular weight is 668 g/mol. The van der Waals surface area contributed by atoms with E-state index in [0.717, 1.165) is 82.9 Å². The Balaban J connectivity index is 1.11. The highest BCUT2D eigenvalue weighted by atomic mass is 16.3. The lowest BCUT2D eigenvalue weighted by molar-refractivity contribution is 0.668. The van der Waals surface area contributed by atoms with Gasteiger partial charge in [0.15, 0.2) is 5.84 Å². The van der Waals surface area contributed by atoms with Crippen LogP contribution in [0.3, 0.4) is 0 Å². The summed E-state index contributed by atoms with van der Waals surface area (Å²) in [6, 6.07) is 56.9. The van der Waals surface area contributed by atoms with Gasteiger partial charge in [0.25, 0.3) is 0 Å². The van der Waals surface area contributed by atoms with Crippen molar-refractivity contribution in [3.8, 4) is 11.1 Å². The molecular weight excluding hydrogens is 639 g/mol. The van der Waals surface area contributed by atoms with Crippen LogP contribution in [0.5, 0.6) is 0 Å². The normalized spacial score (nSPS) is 14.7. The number of furan rings is 2. The summed E-state index contributed by atoms with van der Waals surface area (Å²) in [5, 5.41) is 12.8. The van der Waals surface area contributed by atoms with E-state index in [0.29, 0.717) is 5.84 Å². The highest BCUT2D eigenvalue weighted by Gasteiger charge is 2.25. The van der Waals surface area contributed by atoms with Gasteiger partial charge >= 0.3 is 0 Å². The Kier molecular flexibility index (Phi) is 6.25. The molecule has 0 fully saturated rings. The van der Waals surface area contributed by atoms with Gasteiger partial charge in [-0.15, -0.1) is 0 Å². The minimum absolute atomic E-state index is 0.333. The van der Waals surface area contributed by atoms with Crippen LogP contribution in [0.2, 0.25) is 0 Å². The van der Waals surface area contributed by atoms with Gasteiger partial charge in [0, 0.05) is 32.7 Å². The fraction of sp³-hybridized carbons (Fsp3) is 0.0213. The summed E-state index contributed by atoms with van der Waals surface area (Å²) in [5.41, 5.74) is 8.54. The van der Waals surface area contributed by atoms with Crippen molar-refractivity contribution in [3.05, 3.63) is 180 Å². The number of para-hydroxylation sites is 1. The first-order chi connectivity index (χ1) is 25.7. The van der Waals surface area contributed by atoms with E-state index >= 15 is 0 Å². The molecule has 0 amide bonds. The molecule has 0 radical (unpaired) electrons. The van der Waals surface area contributed by atoms with Gasteiger partial charge in [-0.05, 0) is 74.6 Å². The molecule has 1 aliphatic rings. The molecule has 8 aromatic carbocycles. The van der Waals surface area contributed by atoms with Crippen LogP contribution < -0.4 is 5.32 Å². The standard InChI is InChI=1S/C47H29N3O2/c1-2-11-29(12-3-1)45-48-46(32-22-24-34-30(26-32)21-20-28-10-4-5-13-33(28)34)50-47(49-45)37-16-9-19-42-44(37)43-35(15-8-18-41(43)52-42)31-23-25-40-38(27-31)36-14-6-7-17-39(36)51-40/h1-27,45H,(H,48,49,50). The number of hydrogen-bond acceptors (Lipinski definition) is 5. The van der Waals surface area contributed by atoms with Gasteiger partial charge in [0.05, 0.1) is 0 Å². The molecule has 0 aliphatic carbocycles. The number of nitrogens with zero attached hydrogens (tertiary/aromatic N) is 2. The van der Waals surface area contributed by atoms with Crippen LogP contribution in [0.15, 0.2) is 183 Å². The fourth-order valence-electron chi connectivity index (χ4n) is 7.87. The second-order valence-corrected chi connectivity index (χ2v) is 13.4. The van der Waals surface area contributed by atoms with Crippen molar-refractivity contribution >= 4 is 77.1 Å². The lowest BCUT2D eigenvalue weighted by Crippen LogP contribution is -2.33. The lowest BCUT2D eigenvalue weighted by Gasteiger charge is -2.24. The molecule has 52 heavy (non-hydrogen) atoms. The van der Waals surface area contributed by atoms with Gasteiger partial charge in [-0.2, -0.15) is 0 Å². The highest BCUT2D eigenvalue weighted by molar-refractivity contribution is 6.24. The summed E-state index contributed by atoms with van der Waals surface area (Å²) in [5.74, 6) is 1.43. The number of benzene rings is 8. The first-order valence-corrected chi connectivity index (χ1v) is 17.5. The summed E-state index contributed by atoms with van der Waals surface area (Å²) < 4.78 is 12.7. The molecule has 1 aliphatic heterocycles. The van der Waals surface area contributed by atoms with E-state index in [1.807, 2.05) is 36.4 Å². The fourth-order valence-corrected chi connectivity index (χ4v) is 7.87. The first kappa shape index (κ1) is 28.8. The Morgan fingerprint density at radius 3 is 1.98 bits per heavy atom. The Hall–Kier alpha value is -6.98. The van der Waals surface area contributed by atoms with Crippen LogP contribution in [-0.4, -0.2) is 11.7 Å². The topological polar surface area (TPSA) is 63.0 Å². The Morgan fingerprint density at radius 1 is 0.442 bits per heavy atom. The predicted molar refractivity (Wildman–Crippen MR) is 213 cm³/mol. The van der Waals surface area contributed by atoms with E-state index in [1.54, 1.807) is 0 Å². The van der Waals surface area contributed by atoms with E-state index in [-0.39, 0.29) is 6.17 Å². The largest absolute Gasteiger partial charge is 0.456 e. The van der Waals surface area contributed by atoms with Crippen molar-refractivity contribution in [1.82, 2.24) is 5.32 Å². The molecule has 5 nitrogen and oxygen atoms in total. The summed E-state index contributed by atoms with van der Waals surface area (Å²) in [4.78, 5) is 10.5. The first-order valence-electron chi connectivity index (χ1n) is 17.5. The van der Waals surface area contributed by atoms with Gasteiger partial charge in [0.2, 0.25) is 0 Å². The molecule has 0 saturated heterocycles. The quantitative estimate of drug-likeness (QED) is 0.190. The maximum atomic E-state index is 6.56. The Labute approximate surface area is 298 Å². The molecule has 10 aromatic rings. The molecular formula is C47H29N3O2. The van der Waals surface area contributed by atoms with Gasteiger partial charge in [-0.25, -0.2) is 9.98 Å². The second kappa shape index (κ2) is 11.3. The molecule has 1 unspecified atom stereocenters. The summed E-state index contributed by atoms with van der Waals surface area (Å²) in [6.45, 7) is 0.